The van der Waals surface area contributed by atoms with Gasteiger partial charge in [0.15, 0.2) is 0 Å². The molecule has 0 atom stereocenters. The topological polar surface area (TPSA) is 76.1 Å². The molecule has 0 unspecified atom stereocenters. The van der Waals surface area contributed by atoms with Crippen LogP contribution in [0.3, 0.4) is 0 Å². The second-order valence-corrected chi connectivity index (χ2v) is 16.9. The lowest BCUT2D eigenvalue weighted by molar-refractivity contribution is -0.150. The lowest BCUT2D eigenvalue weighted by atomic mass is 9.91. The molecular formula is C49H91NO5. The third-order valence-corrected chi connectivity index (χ3v) is 11.6. The summed E-state index contributed by atoms with van der Waals surface area (Å²) in [6, 6.07) is 0.598. The molecule has 1 rings (SSSR count). The lowest BCUT2D eigenvalue weighted by Crippen LogP contribution is -2.40. The number of nitrogens with zero attached hydrogens (tertiary/aromatic N) is 1. The number of hydrogen-bond acceptors (Lipinski definition) is 6. The van der Waals surface area contributed by atoms with Crippen molar-refractivity contribution in [2.75, 3.05) is 19.7 Å². The molecule has 0 aromatic carbocycles. The van der Waals surface area contributed by atoms with Crippen LogP contribution in [0.5, 0.6) is 0 Å². The zero-order valence-electron chi connectivity index (χ0n) is 36.8. The van der Waals surface area contributed by atoms with Gasteiger partial charge in [0.25, 0.3) is 0 Å². The van der Waals surface area contributed by atoms with Crippen molar-refractivity contribution in [3.05, 3.63) is 0 Å². The summed E-state index contributed by atoms with van der Waals surface area (Å²) in [6.45, 7) is 9.50. The van der Waals surface area contributed by atoms with Crippen molar-refractivity contribution in [1.29, 1.82) is 0 Å². The fourth-order valence-electron chi connectivity index (χ4n) is 8.00. The maximum atomic E-state index is 12.8. The predicted octanol–water partition coefficient (Wildman–Crippen LogP) is 13.6. The summed E-state index contributed by atoms with van der Waals surface area (Å²) in [5.74, 6) is 6.38. The van der Waals surface area contributed by atoms with E-state index in [0.717, 1.165) is 96.6 Å². The molecule has 0 heterocycles. The molecule has 0 aromatic rings. The average molecular weight is 774 g/mol. The van der Waals surface area contributed by atoms with E-state index in [1.54, 1.807) is 0 Å². The summed E-state index contributed by atoms with van der Waals surface area (Å²) in [4.78, 5) is 27.6. The van der Waals surface area contributed by atoms with Gasteiger partial charge in [-0.05, 0) is 103 Å². The van der Waals surface area contributed by atoms with Gasteiger partial charge in [0, 0.05) is 31.7 Å². The number of aliphatic hydroxyl groups is 1. The van der Waals surface area contributed by atoms with E-state index in [-0.39, 0.29) is 24.1 Å². The molecule has 6 heteroatoms. The van der Waals surface area contributed by atoms with Gasteiger partial charge in [0.05, 0.1) is 12.7 Å². The fourth-order valence-corrected chi connectivity index (χ4v) is 8.00. The van der Waals surface area contributed by atoms with Gasteiger partial charge in [-0.3, -0.25) is 9.59 Å². The van der Waals surface area contributed by atoms with E-state index in [4.69, 9.17) is 9.47 Å². The SMILES string of the molecule is CCCCCC#CCCCOC(=O)CCCCCCCN(CCCCCCCC(=O)OC(CCCCCCCC)CCCCCCCC)C1CCC(O)CC1. The number of unbranched alkanes of at least 4 members (excludes halogenated alkanes) is 22. The average Bonchev–Trinajstić information content (AvgIpc) is 3.18. The van der Waals surface area contributed by atoms with Gasteiger partial charge < -0.3 is 19.5 Å². The molecular weight excluding hydrogens is 683 g/mol. The Labute approximate surface area is 341 Å². The molecule has 0 radical (unpaired) electrons. The number of rotatable bonds is 38. The van der Waals surface area contributed by atoms with Crippen LogP contribution in [0.25, 0.3) is 0 Å². The molecule has 1 fully saturated rings. The second kappa shape index (κ2) is 39.3. The Hall–Kier alpha value is -1.58. The molecule has 0 aliphatic heterocycles. The first kappa shape index (κ1) is 51.4. The molecule has 0 aromatic heterocycles. The summed E-state index contributed by atoms with van der Waals surface area (Å²) in [6.07, 6.45) is 40.1. The highest BCUT2D eigenvalue weighted by molar-refractivity contribution is 5.69. The summed E-state index contributed by atoms with van der Waals surface area (Å²) < 4.78 is 11.5. The van der Waals surface area contributed by atoms with E-state index >= 15 is 0 Å². The van der Waals surface area contributed by atoms with Gasteiger partial charge in [0.2, 0.25) is 0 Å². The van der Waals surface area contributed by atoms with Crippen molar-refractivity contribution >= 4 is 11.9 Å². The highest BCUT2D eigenvalue weighted by Crippen LogP contribution is 2.25. The van der Waals surface area contributed by atoms with Gasteiger partial charge in [0.1, 0.15) is 6.10 Å². The summed E-state index contributed by atoms with van der Waals surface area (Å²) in [5.41, 5.74) is 0. The second-order valence-electron chi connectivity index (χ2n) is 16.9. The Bertz CT molecular complexity index is 904. The zero-order valence-corrected chi connectivity index (χ0v) is 36.8. The standard InChI is InChI=1S/C49H91NO5/c1-4-7-10-13-16-17-26-33-44-54-48(52)36-29-22-18-24-31-42-50(45-38-40-46(51)41-39-45)43-32-25-19-23-30-37-49(53)55-47(34-27-20-14-11-8-5-2)35-28-21-15-12-9-6-3/h45-47,51H,4-15,18-44H2,1-3H3. The summed E-state index contributed by atoms with van der Waals surface area (Å²) >= 11 is 0. The highest BCUT2D eigenvalue weighted by atomic mass is 16.5. The largest absolute Gasteiger partial charge is 0.466 e. The predicted molar refractivity (Wildman–Crippen MR) is 233 cm³/mol. The van der Waals surface area contributed by atoms with Crippen molar-refractivity contribution in [3.8, 4) is 11.8 Å². The number of carbonyl (C=O) groups is 2. The van der Waals surface area contributed by atoms with E-state index in [1.807, 2.05) is 0 Å². The van der Waals surface area contributed by atoms with Crippen LogP contribution in [0.4, 0.5) is 0 Å². The molecule has 6 nitrogen and oxygen atoms in total. The first-order chi connectivity index (χ1) is 27.0. The maximum Gasteiger partial charge on any atom is 0.306 e. The van der Waals surface area contributed by atoms with E-state index in [9.17, 15) is 14.7 Å². The van der Waals surface area contributed by atoms with Gasteiger partial charge in [-0.25, -0.2) is 0 Å². The molecule has 1 N–H and O–H groups in total. The molecule has 55 heavy (non-hydrogen) atoms. The van der Waals surface area contributed by atoms with E-state index in [1.165, 1.54) is 135 Å². The van der Waals surface area contributed by atoms with Crippen molar-refractivity contribution in [3.63, 3.8) is 0 Å². The quantitative estimate of drug-likeness (QED) is 0.0382. The summed E-state index contributed by atoms with van der Waals surface area (Å²) in [5, 5.41) is 10.1. The van der Waals surface area contributed by atoms with Gasteiger partial charge in [-0.15, -0.1) is 11.8 Å². The third kappa shape index (κ3) is 33.1. The molecule has 1 aliphatic carbocycles. The van der Waals surface area contributed by atoms with Gasteiger partial charge >= 0.3 is 11.9 Å². The minimum absolute atomic E-state index is 0.0253. The normalized spacial score (nSPS) is 15.7. The molecule has 0 bridgehead atoms. The first-order valence-corrected chi connectivity index (χ1v) is 24.2. The van der Waals surface area contributed by atoms with Gasteiger partial charge in [-0.2, -0.15) is 0 Å². The fraction of sp³-hybridized carbons (Fsp3) is 0.918. The van der Waals surface area contributed by atoms with Crippen LogP contribution in [0.1, 0.15) is 252 Å². The number of ether oxygens (including phenoxy) is 2. The Morgan fingerprint density at radius 2 is 0.982 bits per heavy atom. The first-order valence-electron chi connectivity index (χ1n) is 24.2. The van der Waals surface area contributed by atoms with Crippen LogP contribution in [-0.4, -0.2) is 59.9 Å². The van der Waals surface area contributed by atoms with Crippen LogP contribution in [-0.2, 0) is 19.1 Å². The van der Waals surface area contributed by atoms with Crippen molar-refractivity contribution in [2.24, 2.45) is 0 Å². The monoisotopic (exact) mass is 774 g/mol. The smallest absolute Gasteiger partial charge is 0.306 e. The maximum absolute atomic E-state index is 12.8. The molecule has 0 spiro atoms. The molecule has 1 saturated carbocycles. The van der Waals surface area contributed by atoms with Crippen LogP contribution < -0.4 is 0 Å². The number of carbonyl (C=O) groups excluding carboxylic acids is 2. The number of esters is 2. The molecule has 0 saturated heterocycles. The summed E-state index contributed by atoms with van der Waals surface area (Å²) in [7, 11) is 0. The molecule has 0 amide bonds. The lowest BCUT2D eigenvalue weighted by Gasteiger charge is -2.36. The molecule has 1 aliphatic rings. The number of hydrogen-bond donors (Lipinski definition) is 1. The van der Waals surface area contributed by atoms with E-state index < -0.39 is 0 Å². The van der Waals surface area contributed by atoms with Crippen LogP contribution in [0.15, 0.2) is 0 Å². The van der Waals surface area contributed by atoms with Crippen LogP contribution in [0, 0.1) is 11.8 Å². The van der Waals surface area contributed by atoms with Crippen molar-refractivity contribution < 1.29 is 24.2 Å². The third-order valence-electron chi connectivity index (χ3n) is 11.6. The van der Waals surface area contributed by atoms with Crippen molar-refractivity contribution in [1.82, 2.24) is 4.90 Å². The minimum Gasteiger partial charge on any atom is -0.466 e. The highest BCUT2D eigenvalue weighted by Gasteiger charge is 2.24. The Morgan fingerprint density at radius 3 is 1.53 bits per heavy atom. The minimum atomic E-state index is -0.119. The van der Waals surface area contributed by atoms with Crippen molar-refractivity contribution in [2.45, 2.75) is 270 Å². The Morgan fingerprint density at radius 1 is 0.545 bits per heavy atom. The Balaban J connectivity index is 2.24. The van der Waals surface area contributed by atoms with E-state index in [2.05, 4.69) is 37.5 Å². The molecule has 322 valence electrons. The van der Waals surface area contributed by atoms with Gasteiger partial charge in [-0.1, -0.05) is 136 Å². The zero-order chi connectivity index (χ0) is 39.9. The number of aliphatic hydroxyl groups excluding tert-OH is 1. The van der Waals surface area contributed by atoms with Crippen LogP contribution >= 0.6 is 0 Å². The van der Waals surface area contributed by atoms with Crippen LogP contribution in [0.2, 0.25) is 0 Å². The van der Waals surface area contributed by atoms with E-state index in [0.29, 0.717) is 25.5 Å². The Kier molecular flexibility index (Phi) is 36.7.